The Kier molecular flexibility index (Phi) is 4.73. The number of thiocarbonyl (C=S) groups is 1. The van der Waals surface area contributed by atoms with E-state index in [2.05, 4.69) is 5.32 Å². The largest absolute Gasteiger partial charge is 0.417 e. The molecule has 1 aromatic carbocycles. The van der Waals surface area contributed by atoms with Crippen LogP contribution in [-0.2, 0) is 6.18 Å². The normalized spacial score (nSPS) is 14.2. The second-order valence-electron chi connectivity index (χ2n) is 4.45. The van der Waals surface area contributed by atoms with Gasteiger partial charge in [0.15, 0.2) is 0 Å². The number of hydrogen-bond donors (Lipinski definition) is 2. The number of rotatable bonds is 3. The Morgan fingerprint density at radius 1 is 1.45 bits per heavy atom. The van der Waals surface area contributed by atoms with Gasteiger partial charge in [-0.2, -0.15) is 18.4 Å². The van der Waals surface area contributed by atoms with Crippen LogP contribution in [0.5, 0.6) is 0 Å². The van der Waals surface area contributed by atoms with Gasteiger partial charge >= 0.3 is 6.18 Å². The van der Waals surface area contributed by atoms with Gasteiger partial charge in [0.2, 0.25) is 0 Å². The molecule has 1 unspecified atom stereocenters. The molecule has 0 aliphatic rings. The molecule has 2 N–H and O–H groups in total. The van der Waals surface area contributed by atoms with E-state index in [9.17, 15) is 18.3 Å². The lowest BCUT2D eigenvalue weighted by Crippen LogP contribution is -2.37. The van der Waals surface area contributed by atoms with E-state index in [1.807, 2.05) is 0 Å². The highest BCUT2D eigenvalue weighted by molar-refractivity contribution is 7.80. The molecule has 0 bridgehead atoms. The molecule has 7 heteroatoms. The van der Waals surface area contributed by atoms with Gasteiger partial charge in [-0.15, -0.1) is 0 Å². The second kappa shape index (κ2) is 5.77. The third kappa shape index (κ3) is 3.68. The van der Waals surface area contributed by atoms with Gasteiger partial charge in [0.25, 0.3) is 0 Å². The zero-order chi connectivity index (χ0) is 15.6. The molecule has 0 aliphatic heterocycles. The summed E-state index contributed by atoms with van der Waals surface area (Å²) < 4.78 is 38.4. The lowest BCUT2D eigenvalue weighted by molar-refractivity contribution is -0.137. The number of benzene rings is 1. The molecule has 0 aromatic heterocycles. The van der Waals surface area contributed by atoms with Crippen LogP contribution >= 0.6 is 12.2 Å². The monoisotopic (exact) mass is 302 g/mol. The van der Waals surface area contributed by atoms with Crippen LogP contribution in [0.2, 0.25) is 0 Å². The second-order valence-corrected chi connectivity index (χ2v) is 4.86. The average Bonchev–Trinajstić information content (AvgIpc) is 2.37. The molecule has 0 saturated carbocycles. The van der Waals surface area contributed by atoms with Crippen LogP contribution in [0.4, 0.5) is 18.9 Å². The summed E-state index contributed by atoms with van der Waals surface area (Å²) in [5.74, 6) is 0. The molecule has 0 saturated heterocycles. The summed E-state index contributed by atoms with van der Waals surface area (Å²) in [6.45, 7) is 3.17. The van der Waals surface area contributed by atoms with E-state index >= 15 is 0 Å². The van der Waals surface area contributed by atoms with Crippen molar-refractivity contribution in [2.45, 2.75) is 32.0 Å². The third-order valence-corrected chi connectivity index (χ3v) is 3.42. The van der Waals surface area contributed by atoms with Crippen LogP contribution < -0.4 is 5.32 Å². The molecule has 3 nitrogen and oxygen atoms in total. The van der Waals surface area contributed by atoms with Gasteiger partial charge in [-0.25, -0.2) is 0 Å². The van der Waals surface area contributed by atoms with Crippen LogP contribution in [0.25, 0.3) is 0 Å². The molecule has 1 rings (SSSR count). The smallest absolute Gasteiger partial charge is 0.383 e. The zero-order valence-corrected chi connectivity index (χ0v) is 11.7. The maximum atomic E-state index is 12.8. The summed E-state index contributed by atoms with van der Waals surface area (Å²) >= 11 is 4.96. The van der Waals surface area contributed by atoms with Crippen molar-refractivity contribution in [2.75, 3.05) is 5.32 Å². The maximum absolute atomic E-state index is 12.8. The number of halogens is 3. The summed E-state index contributed by atoms with van der Waals surface area (Å²) in [5.41, 5.74) is -2.73. The number of anilines is 1. The SMILES string of the molecule is CCC(C)(O)C(=S)Nc1ccc(C#N)c(C(F)(F)F)c1. The van der Waals surface area contributed by atoms with Gasteiger partial charge in [-0.1, -0.05) is 19.1 Å². The van der Waals surface area contributed by atoms with Gasteiger partial charge < -0.3 is 10.4 Å². The zero-order valence-electron chi connectivity index (χ0n) is 10.9. The van der Waals surface area contributed by atoms with E-state index in [-0.39, 0.29) is 10.7 Å². The van der Waals surface area contributed by atoms with Gasteiger partial charge in [-0.05, 0) is 31.5 Å². The number of aliphatic hydroxyl groups is 1. The standard InChI is InChI=1S/C13H13F3N2OS/c1-3-12(2,19)11(20)18-9-5-4-8(7-17)10(6-9)13(14,15)16/h4-6,19H,3H2,1-2H3,(H,18,20). The molecular formula is C13H13F3N2OS. The van der Waals surface area contributed by atoms with Crippen LogP contribution in [0.1, 0.15) is 31.4 Å². The first kappa shape index (κ1) is 16.4. The Bertz CT molecular complexity index is 562. The molecule has 20 heavy (non-hydrogen) atoms. The first-order chi connectivity index (χ1) is 9.11. The highest BCUT2D eigenvalue weighted by atomic mass is 32.1. The van der Waals surface area contributed by atoms with Gasteiger partial charge in [0.1, 0.15) is 10.6 Å². The molecule has 0 fully saturated rings. The van der Waals surface area contributed by atoms with Gasteiger partial charge in [0, 0.05) is 5.69 Å². The predicted octanol–water partition coefficient (Wildman–Crippen LogP) is 3.48. The van der Waals surface area contributed by atoms with Crippen LogP contribution in [0, 0.1) is 11.3 Å². The van der Waals surface area contributed by atoms with Crippen molar-refractivity contribution >= 4 is 22.9 Å². The summed E-state index contributed by atoms with van der Waals surface area (Å²) in [7, 11) is 0. The van der Waals surface area contributed by atoms with E-state index in [1.165, 1.54) is 19.1 Å². The van der Waals surface area contributed by atoms with Crippen molar-refractivity contribution in [3.63, 3.8) is 0 Å². The van der Waals surface area contributed by atoms with E-state index in [1.54, 1.807) is 6.92 Å². The Morgan fingerprint density at radius 3 is 2.50 bits per heavy atom. The summed E-state index contributed by atoms with van der Waals surface area (Å²) in [5, 5.41) is 21.2. The third-order valence-electron chi connectivity index (χ3n) is 2.88. The summed E-state index contributed by atoms with van der Waals surface area (Å²) in [4.78, 5) is 0.0258. The lowest BCUT2D eigenvalue weighted by Gasteiger charge is -2.23. The fourth-order valence-corrected chi connectivity index (χ4v) is 1.64. The van der Waals surface area contributed by atoms with Crippen molar-refractivity contribution in [2.24, 2.45) is 0 Å². The highest BCUT2D eigenvalue weighted by Gasteiger charge is 2.34. The first-order valence-corrected chi connectivity index (χ1v) is 6.18. The Morgan fingerprint density at radius 2 is 2.05 bits per heavy atom. The van der Waals surface area contributed by atoms with Crippen molar-refractivity contribution < 1.29 is 18.3 Å². The Hall–Kier alpha value is -1.65. The molecule has 1 atom stereocenters. The van der Waals surface area contributed by atoms with Crippen LogP contribution in [0.3, 0.4) is 0 Å². The van der Waals surface area contributed by atoms with Crippen LogP contribution in [-0.4, -0.2) is 15.7 Å². The quantitative estimate of drug-likeness (QED) is 0.839. The Balaban J connectivity index is 3.12. The van der Waals surface area contributed by atoms with E-state index in [0.29, 0.717) is 6.42 Å². The van der Waals surface area contributed by atoms with Crippen molar-refractivity contribution in [1.29, 1.82) is 5.26 Å². The minimum atomic E-state index is -4.63. The van der Waals surface area contributed by atoms with Crippen molar-refractivity contribution in [3.8, 4) is 6.07 Å². The number of nitrogens with one attached hydrogen (secondary N) is 1. The number of alkyl halides is 3. The minimum Gasteiger partial charge on any atom is -0.383 e. The topological polar surface area (TPSA) is 56.0 Å². The maximum Gasteiger partial charge on any atom is 0.417 e. The number of nitrogens with zero attached hydrogens (tertiary/aromatic N) is 1. The molecule has 0 aliphatic carbocycles. The Labute approximate surface area is 120 Å². The molecule has 0 spiro atoms. The predicted molar refractivity (Wildman–Crippen MR) is 73.3 cm³/mol. The first-order valence-electron chi connectivity index (χ1n) is 5.77. The van der Waals surface area contributed by atoms with Crippen molar-refractivity contribution in [1.82, 2.24) is 0 Å². The van der Waals surface area contributed by atoms with Gasteiger partial charge in [0.05, 0.1) is 17.2 Å². The van der Waals surface area contributed by atoms with E-state index < -0.39 is 22.9 Å². The summed E-state index contributed by atoms with van der Waals surface area (Å²) in [6.07, 6.45) is -4.31. The fourth-order valence-electron chi connectivity index (χ4n) is 1.38. The summed E-state index contributed by atoms with van der Waals surface area (Å²) in [6, 6.07) is 4.67. The van der Waals surface area contributed by atoms with Gasteiger partial charge in [-0.3, -0.25) is 0 Å². The van der Waals surface area contributed by atoms with Crippen LogP contribution in [0.15, 0.2) is 18.2 Å². The van der Waals surface area contributed by atoms with E-state index in [0.717, 1.165) is 12.1 Å². The minimum absolute atomic E-state index is 0.0258. The average molecular weight is 302 g/mol. The molecular weight excluding hydrogens is 289 g/mol. The van der Waals surface area contributed by atoms with E-state index in [4.69, 9.17) is 17.5 Å². The highest BCUT2D eigenvalue weighted by Crippen LogP contribution is 2.33. The molecule has 1 aromatic rings. The number of nitriles is 1. The molecule has 0 radical (unpaired) electrons. The molecule has 0 amide bonds. The molecule has 108 valence electrons. The molecule has 0 heterocycles. The lowest BCUT2D eigenvalue weighted by atomic mass is 10.0. The fraction of sp³-hybridized carbons (Fsp3) is 0.385. The number of hydrogen-bond acceptors (Lipinski definition) is 3. The van der Waals surface area contributed by atoms with Crippen molar-refractivity contribution in [3.05, 3.63) is 29.3 Å².